The van der Waals surface area contributed by atoms with Crippen molar-refractivity contribution < 1.29 is 19.4 Å². The smallest absolute Gasteiger partial charge is 0.338 e. The minimum Gasteiger partial charge on any atom is -0.478 e. The second kappa shape index (κ2) is 7.53. The first-order valence-corrected chi connectivity index (χ1v) is 6.31. The molecular formula is C14H19NO4. The van der Waals surface area contributed by atoms with Crippen LogP contribution in [0, 0.1) is 0 Å². The SMILES string of the molecule is CCN(CC)CCOC(=O)c1ccc(C(=O)O)cc1. The molecule has 1 aromatic carbocycles. The van der Waals surface area contributed by atoms with Crippen molar-refractivity contribution in [1.82, 2.24) is 4.90 Å². The number of aromatic carboxylic acids is 1. The lowest BCUT2D eigenvalue weighted by Crippen LogP contribution is -2.27. The van der Waals surface area contributed by atoms with Crippen molar-refractivity contribution in [3.05, 3.63) is 35.4 Å². The molecule has 1 rings (SSSR count). The Kier molecular flexibility index (Phi) is 6.02. The molecule has 0 amide bonds. The number of nitrogens with zero attached hydrogens (tertiary/aromatic N) is 1. The van der Waals surface area contributed by atoms with Crippen LogP contribution in [0.2, 0.25) is 0 Å². The second-order valence-corrected chi connectivity index (χ2v) is 4.05. The summed E-state index contributed by atoms with van der Waals surface area (Å²) in [4.78, 5) is 24.5. The van der Waals surface area contributed by atoms with Crippen LogP contribution in [0.1, 0.15) is 34.6 Å². The van der Waals surface area contributed by atoms with E-state index in [2.05, 4.69) is 18.7 Å². The normalized spacial score (nSPS) is 10.5. The third kappa shape index (κ3) is 4.71. The van der Waals surface area contributed by atoms with Gasteiger partial charge in [-0.1, -0.05) is 13.8 Å². The number of carbonyl (C=O) groups excluding carboxylic acids is 1. The van der Waals surface area contributed by atoms with E-state index in [1.54, 1.807) is 0 Å². The molecule has 0 spiro atoms. The molecule has 0 saturated carbocycles. The summed E-state index contributed by atoms with van der Waals surface area (Å²) in [6, 6.07) is 5.71. The Hall–Kier alpha value is -1.88. The van der Waals surface area contributed by atoms with E-state index < -0.39 is 11.9 Å². The number of rotatable bonds is 7. The van der Waals surface area contributed by atoms with Gasteiger partial charge in [0.1, 0.15) is 6.61 Å². The molecule has 0 fully saturated rings. The first-order valence-electron chi connectivity index (χ1n) is 6.31. The molecule has 0 atom stereocenters. The highest BCUT2D eigenvalue weighted by Crippen LogP contribution is 2.06. The molecule has 5 heteroatoms. The summed E-state index contributed by atoms with van der Waals surface area (Å²) in [5.41, 5.74) is 0.518. The third-order valence-corrected chi connectivity index (χ3v) is 2.90. The zero-order valence-corrected chi connectivity index (χ0v) is 11.3. The number of carboxylic acids is 1. The summed E-state index contributed by atoms with van der Waals surface area (Å²) in [5, 5.41) is 8.75. The monoisotopic (exact) mass is 265 g/mol. The van der Waals surface area contributed by atoms with E-state index in [9.17, 15) is 9.59 Å². The van der Waals surface area contributed by atoms with Crippen LogP contribution in [-0.2, 0) is 4.74 Å². The topological polar surface area (TPSA) is 66.8 Å². The maximum absolute atomic E-state index is 11.7. The van der Waals surface area contributed by atoms with Crippen molar-refractivity contribution in [2.75, 3.05) is 26.2 Å². The van der Waals surface area contributed by atoms with E-state index >= 15 is 0 Å². The molecule has 19 heavy (non-hydrogen) atoms. The Balaban J connectivity index is 2.47. The van der Waals surface area contributed by atoms with E-state index in [0.717, 1.165) is 13.1 Å². The molecule has 1 aromatic rings. The number of hydrogen-bond donors (Lipinski definition) is 1. The van der Waals surface area contributed by atoms with Crippen LogP contribution in [0.3, 0.4) is 0 Å². The molecule has 1 N–H and O–H groups in total. The lowest BCUT2D eigenvalue weighted by atomic mass is 10.1. The van der Waals surface area contributed by atoms with Crippen LogP contribution in [0.25, 0.3) is 0 Å². The lowest BCUT2D eigenvalue weighted by molar-refractivity contribution is 0.0465. The summed E-state index contributed by atoms with van der Waals surface area (Å²) in [6.07, 6.45) is 0. The molecule has 0 bridgehead atoms. The summed E-state index contributed by atoms with van der Waals surface area (Å²) in [6.45, 7) is 6.97. The fourth-order valence-electron chi connectivity index (χ4n) is 1.64. The lowest BCUT2D eigenvalue weighted by Gasteiger charge is -2.17. The quantitative estimate of drug-likeness (QED) is 0.762. The molecule has 0 aliphatic carbocycles. The van der Waals surface area contributed by atoms with Crippen molar-refractivity contribution in [2.24, 2.45) is 0 Å². The van der Waals surface area contributed by atoms with Gasteiger partial charge in [-0.15, -0.1) is 0 Å². The molecule has 5 nitrogen and oxygen atoms in total. The van der Waals surface area contributed by atoms with Crippen LogP contribution in [-0.4, -0.2) is 48.2 Å². The van der Waals surface area contributed by atoms with Crippen LogP contribution in [0.15, 0.2) is 24.3 Å². The molecule has 104 valence electrons. The minimum absolute atomic E-state index is 0.152. The summed E-state index contributed by atoms with van der Waals surface area (Å²) < 4.78 is 5.13. The van der Waals surface area contributed by atoms with Crippen molar-refractivity contribution in [1.29, 1.82) is 0 Å². The predicted molar refractivity (Wildman–Crippen MR) is 71.5 cm³/mol. The van der Waals surface area contributed by atoms with Gasteiger partial charge in [0, 0.05) is 6.54 Å². The number of carboxylic acid groups (broad SMARTS) is 1. The first-order chi connectivity index (χ1) is 9.08. The average Bonchev–Trinajstić information content (AvgIpc) is 2.43. The molecule has 0 saturated heterocycles. The van der Waals surface area contributed by atoms with Crippen molar-refractivity contribution in [3.8, 4) is 0 Å². The van der Waals surface area contributed by atoms with E-state index in [-0.39, 0.29) is 5.56 Å². The maximum atomic E-state index is 11.7. The summed E-state index contributed by atoms with van der Waals surface area (Å²) >= 11 is 0. The van der Waals surface area contributed by atoms with Gasteiger partial charge in [0.05, 0.1) is 11.1 Å². The van der Waals surface area contributed by atoms with Gasteiger partial charge in [-0.05, 0) is 37.4 Å². The number of ether oxygens (including phenoxy) is 1. The van der Waals surface area contributed by atoms with Gasteiger partial charge in [-0.3, -0.25) is 0 Å². The zero-order chi connectivity index (χ0) is 14.3. The molecule has 0 aromatic heterocycles. The Morgan fingerprint density at radius 1 is 1.11 bits per heavy atom. The summed E-state index contributed by atoms with van der Waals surface area (Å²) in [7, 11) is 0. The minimum atomic E-state index is -1.01. The van der Waals surface area contributed by atoms with Crippen LogP contribution in [0.4, 0.5) is 0 Å². The molecule has 0 aliphatic rings. The number of hydrogen-bond acceptors (Lipinski definition) is 4. The van der Waals surface area contributed by atoms with Gasteiger partial charge in [-0.25, -0.2) is 9.59 Å². The number of benzene rings is 1. The average molecular weight is 265 g/mol. The largest absolute Gasteiger partial charge is 0.478 e. The van der Waals surface area contributed by atoms with Gasteiger partial charge in [0.2, 0.25) is 0 Å². The van der Waals surface area contributed by atoms with E-state index in [4.69, 9.17) is 9.84 Å². The van der Waals surface area contributed by atoms with E-state index in [1.165, 1.54) is 24.3 Å². The van der Waals surface area contributed by atoms with Crippen molar-refractivity contribution >= 4 is 11.9 Å². The van der Waals surface area contributed by atoms with Gasteiger partial charge < -0.3 is 14.7 Å². The van der Waals surface area contributed by atoms with E-state index in [1.807, 2.05) is 0 Å². The fourth-order valence-corrected chi connectivity index (χ4v) is 1.64. The van der Waals surface area contributed by atoms with Gasteiger partial charge in [0.15, 0.2) is 0 Å². The van der Waals surface area contributed by atoms with Crippen LogP contribution >= 0.6 is 0 Å². The highest BCUT2D eigenvalue weighted by molar-refractivity contribution is 5.92. The highest BCUT2D eigenvalue weighted by atomic mass is 16.5. The Morgan fingerprint density at radius 2 is 1.63 bits per heavy atom. The molecule has 0 heterocycles. The predicted octanol–water partition coefficient (Wildman–Crippen LogP) is 1.88. The van der Waals surface area contributed by atoms with Gasteiger partial charge in [0.25, 0.3) is 0 Å². The standard InChI is InChI=1S/C14H19NO4/c1-3-15(4-2)9-10-19-14(18)12-7-5-11(6-8-12)13(16)17/h5-8H,3-4,9-10H2,1-2H3,(H,16,17). The molecule has 0 radical (unpaired) electrons. The number of likely N-dealkylation sites (N-methyl/N-ethyl adjacent to an activating group) is 1. The first kappa shape index (κ1) is 15.2. The van der Waals surface area contributed by atoms with Gasteiger partial charge >= 0.3 is 11.9 Å². The third-order valence-electron chi connectivity index (χ3n) is 2.90. The maximum Gasteiger partial charge on any atom is 0.338 e. The van der Waals surface area contributed by atoms with Crippen LogP contribution < -0.4 is 0 Å². The zero-order valence-electron chi connectivity index (χ0n) is 11.3. The molecule has 0 aliphatic heterocycles. The fraction of sp³-hybridized carbons (Fsp3) is 0.429. The Bertz CT molecular complexity index is 424. The number of carbonyl (C=O) groups is 2. The molecule has 0 unspecified atom stereocenters. The van der Waals surface area contributed by atoms with Crippen molar-refractivity contribution in [3.63, 3.8) is 0 Å². The van der Waals surface area contributed by atoms with Crippen molar-refractivity contribution in [2.45, 2.75) is 13.8 Å². The van der Waals surface area contributed by atoms with Crippen LogP contribution in [0.5, 0.6) is 0 Å². The van der Waals surface area contributed by atoms with Gasteiger partial charge in [-0.2, -0.15) is 0 Å². The number of esters is 1. The van der Waals surface area contributed by atoms with E-state index in [0.29, 0.717) is 18.7 Å². The summed E-state index contributed by atoms with van der Waals surface area (Å²) in [5.74, 6) is -1.44. The highest BCUT2D eigenvalue weighted by Gasteiger charge is 2.09. The Labute approximate surface area is 112 Å². The molecular weight excluding hydrogens is 246 g/mol. The second-order valence-electron chi connectivity index (χ2n) is 4.05. The Morgan fingerprint density at radius 3 is 2.11 bits per heavy atom.